The summed E-state index contributed by atoms with van der Waals surface area (Å²) in [5.41, 5.74) is 3.70. The number of hydrogen-bond acceptors (Lipinski definition) is 6. The van der Waals surface area contributed by atoms with Crippen LogP contribution in [-0.4, -0.2) is 52.0 Å². The van der Waals surface area contributed by atoms with E-state index in [2.05, 4.69) is 15.6 Å². The molecule has 3 N–H and O–H groups in total. The van der Waals surface area contributed by atoms with E-state index in [-0.39, 0.29) is 30.6 Å². The number of rotatable bonds is 12. The third-order valence-electron chi connectivity index (χ3n) is 8.22. The number of halogens is 2. The van der Waals surface area contributed by atoms with Crippen molar-refractivity contribution in [1.82, 2.24) is 20.5 Å². The maximum absolute atomic E-state index is 13.8. The van der Waals surface area contributed by atoms with Gasteiger partial charge in [-0.05, 0) is 74.1 Å². The standard InChI is InChI=1S/C36H40F2N4O4/c1-23-15-27(19-28(16-23)35(45)42-14-8-13-31(42)34-40-24(2)22-46-34)33(44)41-30(18-25-9-5-4-6-10-25)32(43)21-39-20-26-11-7-12-29(17-26)36(3,37)38/h4-7,9-12,15-17,19,22,30-32,39,43H,8,13-14,18,20-21H2,1-3H3,(H,41,44)/t30-,31+,32+/m0/s1. The van der Waals surface area contributed by atoms with Gasteiger partial charge in [0.2, 0.25) is 5.89 Å². The Morgan fingerprint density at radius 1 is 1.04 bits per heavy atom. The van der Waals surface area contributed by atoms with Gasteiger partial charge in [0, 0.05) is 43.2 Å². The summed E-state index contributed by atoms with van der Waals surface area (Å²) >= 11 is 0. The summed E-state index contributed by atoms with van der Waals surface area (Å²) in [6.45, 7) is 5.46. The molecule has 2 heterocycles. The van der Waals surface area contributed by atoms with Gasteiger partial charge in [0.05, 0.1) is 17.8 Å². The Morgan fingerprint density at radius 3 is 2.50 bits per heavy atom. The molecule has 1 aromatic heterocycles. The third-order valence-corrected chi connectivity index (χ3v) is 8.22. The van der Waals surface area contributed by atoms with Crippen LogP contribution in [0.15, 0.2) is 83.5 Å². The molecule has 0 spiro atoms. The zero-order valence-corrected chi connectivity index (χ0v) is 26.3. The van der Waals surface area contributed by atoms with Gasteiger partial charge < -0.3 is 25.1 Å². The Balaban J connectivity index is 1.29. The molecule has 0 radical (unpaired) electrons. The van der Waals surface area contributed by atoms with Gasteiger partial charge in [-0.25, -0.2) is 13.8 Å². The lowest BCUT2D eigenvalue weighted by Crippen LogP contribution is -2.48. The first-order chi connectivity index (χ1) is 22.0. The van der Waals surface area contributed by atoms with Crippen LogP contribution < -0.4 is 10.6 Å². The van der Waals surface area contributed by atoms with Crippen molar-refractivity contribution in [3.05, 3.63) is 124 Å². The van der Waals surface area contributed by atoms with Crippen LogP contribution in [-0.2, 0) is 18.9 Å². The average molecular weight is 631 g/mol. The van der Waals surface area contributed by atoms with Gasteiger partial charge in [0.1, 0.15) is 12.3 Å². The number of benzene rings is 3. The number of likely N-dealkylation sites (tertiary alicyclic amines) is 1. The summed E-state index contributed by atoms with van der Waals surface area (Å²) in [4.78, 5) is 33.5. The number of amides is 2. The van der Waals surface area contributed by atoms with Crippen molar-refractivity contribution in [2.75, 3.05) is 13.1 Å². The molecule has 2 amide bonds. The smallest absolute Gasteiger partial charge is 0.270 e. The van der Waals surface area contributed by atoms with Gasteiger partial charge >= 0.3 is 0 Å². The summed E-state index contributed by atoms with van der Waals surface area (Å²) in [5.74, 6) is -3.06. The number of nitrogens with zero attached hydrogens (tertiary/aromatic N) is 2. The molecule has 1 fully saturated rings. The lowest BCUT2D eigenvalue weighted by molar-refractivity contribution is 0.0173. The zero-order valence-electron chi connectivity index (χ0n) is 26.3. The minimum atomic E-state index is -2.95. The van der Waals surface area contributed by atoms with E-state index < -0.39 is 24.0 Å². The predicted octanol–water partition coefficient (Wildman–Crippen LogP) is 5.87. The van der Waals surface area contributed by atoms with E-state index in [1.54, 1.807) is 41.5 Å². The van der Waals surface area contributed by atoms with Crippen LogP contribution in [0.3, 0.4) is 0 Å². The number of aliphatic hydroxyl groups excluding tert-OH is 1. The fraction of sp³-hybridized carbons (Fsp3) is 0.361. The van der Waals surface area contributed by atoms with Crippen LogP contribution in [0.25, 0.3) is 0 Å². The van der Waals surface area contributed by atoms with E-state index in [9.17, 15) is 23.5 Å². The van der Waals surface area contributed by atoms with Crippen molar-refractivity contribution in [1.29, 1.82) is 0 Å². The lowest BCUT2D eigenvalue weighted by Gasteiger charge is -2.25. The summed E-state index contributed by atoms with van der Waals surface area (Å²) < 4.78 is 33.2. The second-order valence-corrected chi connectivity index (χ2v) is 12.1. The second kappa shape index (κ2) is 14.3. The summed E-state index contributed by atoms with van der Waals surface area (Å²) in [6.07, 6.45) is 2.50. The minimum absolute atomic E-state index is 0.0782. The van der Waals surface area contributed by atoms with Crippen LogP contribution in [0.4, 0.5) is 8.78 Å². The Morgan fingerprint density at radius 2 is 1.78 bits per heavy atom. The molecule has 46 heavy (non-hydrogen) atoms. The molecule has 242 valence electrons. The highest BCUT2D eigenvalue weighted by Gasteiger charge is 2.34. The van der Waals surface area contributed by atoms with Crippen LogP contribution in [0, 0.1) is 13.8 Å². The molecule has 10 heteroatoms. The molecule has 8 nitrogen and oxygen atoms in total. The predicted molar refractivity (Wildman–Crippen MR) is 171 cm³/mol. The molecule has 0 saturated carbocycles. The lowest BCUT2D eigenvalue weighted by atomic mass is 9.99. The van der Waals surface area contributed by atoms with E-state index in [0.29, 0.717) is 35.5 Å². The van der Waals surface area contributed by atoms with Gasteiger partial charge in [-0.3, -0.25) is 9.59 Å². The van der Waals surface area contributed by atoms with Gasteiger partial charge in [0.25, 0.3) is 17.7 Å². The van der Waals surface area contributed by atoms with Crippen molar-refractivity contribution in [2.45, 2.75) is 70.7 Å². The number of carbonyl (C=O) groups is 2. The quantitative estimate of drug-likeness (QED) is 0.181. The Kier molecular flexibility index (Phi) is 10.3. The van der Waals surface area contributed by atoms with Crippen LogP contribution in [0.1, 0.15) is 80.4 Å². The number of aliphatic hydroxyl groups is 1. The van der Waals surface area contributed by atoms with Crippen LogP contribution in [0.5, 0.6) is 0 Å². The molecule has 3 aromatic carbocycles. The normalized spacial score (nSPS) is 16.3. The first kappa shape index (κ1) is 33.0. The second-order valence-electron chi connectivity index (χ2n) is 12.1. The first-order valence-electron chi connectivity index (χ1n) is 15.5. The number of hydrogen-bond donors (Lipinski definition) is 3. The number of carbonyl (C=O) groups excluding carboxylic acids is 2. The number of aryl methyl sites for hydroxylation is 2. The largest absolute Gasteiger partial charge is 0.446 e. The number of alkyl halides is 2. The van der Waals surface area contributed by atoms with E-state index >= 15 is 0 Å². The highest BCUT2D eigenvalue weighted by Crippen LogP contribution is 2.33. The van der Waals surface area contributed by atoms with E-state index in [1.165, 1.54) is 12.1 Å². The maximum atomic E-state index is 13.8. The van der Waals surface area contributed by atoms with E-state index in [4.69, 9.17) is 4.42 Å². The molecule has 0 unspecified atom stereocenters. The molecule has 1 aliphatic heterocycles. The van der Waals surface area contributed by atoms with Crippen molar-refractivity contribution in [3.8, 4) is 0 Å². The van der Waals surface area contributed by atoms with E-state index in [0.717, 1.165) is 36.6 Å². The molecule has 1 saturated heterocycles. The molecule has 0 bridgehead atoms. The molecule has 1 aliphatic rings. The van der Waals surface area contributed by atoms with Crippen molar-refractivity contribution in [2.24, 2.45) is 0 Å². The minimum Gasteiger partial charge on any atom is -0.446 e. The topological polar surface area (TPSA) is 108 Å². The fourth-order valence-electron chi connectivity index (χ4n) is 5.86. The highest BCUT2D eigenvalue weighted by molar-refractivity contribution is 6.00. The molecule has 4 aromatic rings. The average Bonchev–Trinajstić information content (AvgIpc) is 3.69. The van der Waals surface area contributed by atoms with E-state index in [1.807, 2.05) is 44.2 Å². The monoisotopic (exact) mass is 630 g/mol. The van der Waals surface area contributed by atoms with Crippen LogP contribution >= 0.6 is 0 Å². The fourth-order valence-corrected chi connectivity index (χ4v) is 5.86. The third kappa shape index (κ3) is 8.24. The Hall–Kier alpha value is -4.41. The number of oxazole rings is 1. The first-order valence-corrected chi connectivity index (χ1v) is 15.5. The van der Waals surface area contributed by atoms with Gasteiger partial charge in [-0.15, -0.1) is 0 Å². The highest BCUT2D eigenvalue weighted by atomic mass is 19.3. The van der Waals surface area contributed by atoms with Gasteiger partial charge in [-0.1, -0.05) is 48.5 Å². The van der Waals surface area contributed by atoms with Crippen molar-refractivity contribution >= 4 is 11.8 Å². The maximum Gasteiger partial charge on any atom is 0.270 e. The van der Waals surface area contributed by atoms with Crippen molar-refractivity contribution in [3.63, 3.8) is 0 Å². The number of nitrogens with one attached hydrogen (secondary N) is 2. The molecular formula is C36H40F2N4O4. The van der Waals surface area contributed by atoms with Gasteiger partial charge in [-0.2, -0.15) is 0 Å². The Labute approximate surface area is 267 Å². The summed E-state index contributed by atoms with van der Waals surface area (Å²) in [7, 11) is 0. The van der Waals surface area contributed by atoms with Crippen LogP contribution in [0.2, 0.25) is 0 Å². The molecule has 3 atom stereocenters. The SMILES string of the molecule is Cc1cc(C(=O)N[C@@H](Cc2ccccc2)[C@H](O)CNCc2cccc(C(C)(F)F)c2)cc(C(=O)N2CCC[C@@H]2c2nc(C)co2)c1. The number of aromatic nitrogens is 1. The summed E-state index contributed by atoms with van der Waals surface area (Å²) in [6, 6.07) is 19.8. The molecule has 5 rings (SSSR count). The molecule has 0 aliphatic carbocycles. The van der Waals surface area contributed by atoms with Gasteiger partial charge in [0.15, 0.2) is 0 Å². The Bertz CT molecular complexity index is 1650. The zero-order chi connectivity index (χ0) is 32.8. The van der Waals surface area contributed by atoms with Crippen molar-refractivity contribution < 1.29 is 27.9 Å². The molecular weight excluding hydrogens is 590 g/mol. The summed E-state index contributed by atoms with van der Waals surface area (Å²) in [5, 5.41) is 17.4.